The van der Waals surface area contributed by atoms with Crippen molar-refractivity contribution in [3.63, 3.8) is 0 Å². The van der Waals surface area contributed by atoms with E-state index in [1.807, 2.05) is 0 Å². The van der Waals surface area contributed by atoms with Crippen LogP contribution in [0.1, 0.15) is 395 Å². The minimum Gasteiger partial charge on any atom is -0.462 e. The van der Waals surface area contributed by atoms with E-state index in [2.05, 4.69) is 41.5 Å². The van der Waals surface area contributed by atoms with Crippen LogP contribution in [0.5, 0.6) is 0 Å². The summed E-state index contributed by atoms with van der Waals surface area (Å²) < 4.78 is 68.5. The molecular formula is C76H148O17P2. The minimum absolute atomic E-state index is 0.105. The molecular weight excluding hydrogens is 1250 g/mol. The minimum atomic E-state index is -4.96. The monoisotopic (exact) mass is 1400 g/mol. The van der Waals surface area contributed by atoms with Crippen molar-refractivity contribution in [3.05, 3.63) is 0 Å². The lowest BCUT2D eigenvalue weighted by Crippen LogP contribution is -2.30. The van der Waals surface area contributed by atoms with Crippen LogP contribution >= 0.6 is 15.6 Å². The van der Waals surface area contributed by atoms with Gasteiger partial charge >= 0.3 is 39.5 Å². The predicted octanol–water partition coefficient (Wildman–Crippen LogP) is 22.3. The maximum Gasteiger partial charge on any atom is 0.472 e. The first-order chi connectivity index (χ1) is 45.9. The van der Waals surface area contributed by atoms with Crippen LogP contribution in [0.2, 0.25) is 0 Å². The number of esters is 4. The molecule has 0 aromatic heterocycles. The van der Waals surface area contributed by atoms with Crippen molar-refractivity contribution in [1.82, 2.24) is 0 Å². The summed E-state index contributed by atoms with van der Waals surface area (Å²) in [6, 6.07) is 0. The average molecular weight is 1400 g/mol. The highest BCUT2D eigenvalue weighted by Crippen LogP contribution is 2.45. The van der Waals surface area contributed by atoms with Gasteiger partial charge in [0.1, 0.15) is 19.3 Å². The molecule has 0 bridgehead atoms. The van der Waals surface area contributed by atoms with Crippen molar-refractivity contribution in [2.24, 2.45) is 11.8 Å². The fourth-order valence-electron chi connectivity index (χ4n) is 11.6. The average Bonchev–Trinajstić information content (AvgIpc) is 2.08. The Balaban J connectivity index is 5.19. The zero-order chi connectivity index (χ0) is 70.0. The zero-order valence-corrected chi connectivity index (χ0v) is 63.8. The molecule has 6 atom stereocenters. The number of rotatable bonds is 75. The summed E-state index contributed by atoms with van der Waals surface area (Å²) in [5.74, 6) is -0.623. The molecule has 19 heteroatoms. The summed E-state index contributed by atoms with van der Waals surface area (Å²) in [5.41, 5.74) is 0. The third kappa shape index (κ3) is 69.0. The van der Waals surface area contributed by atoms with Crippen LogP contribution in [0.25, 0.3) is 0 Å². The molecule has 0 amide bonds. The Labute approximate surface area is 581 Å². The summed E-state index contributed by atoms with van der Waals surface area (Å²) in [7, 11) is -9.91. The predicted molar refractivity (Wildman–Crippen MR) is 386 cm³/mol. The second-order valence-electron chi connectivity index (χ2n) is 28.1. The molecule has 95 heavy (non-hydrogen) atoms. The van der Waals surface area contributed by atoms with Crippen LogP contribution in [-0.2, 0) is 65.4 Å². The van der Waals surface area contributed by atoms with Crippen LogP contribution in [-0.4, -0.2) is 96.7 Å². The number of hydrogen-bond donors (Lipinski definition) is 3. The Morgan fingerprint density at radius 3 is 0.800 bits per heavy atom. The fourth-order valence-corrected chi connectivity index (χ4v) is 13.2. The van der Waals surface area contributed by atoms with E-state index in [1.165, 1.54) is 212 Å². The van der Waals surface area contributed by atoms with E-state index in [9.17, 15) is 43.2 Å². The topological polar surface area (TPSA) is 237 Å². The number of unbranched alkanes of at least 4 members (excludes halogenated alkanes) is 44. The van der Waals surface area contributed by atoms with Crippen LogP contribution in [0.4, 0.5) is 0 Å². The first-order valence-electron chi connectivity index (χ1n) is 39.5. The largest absolute Gasteiger partial charge is 0.472 e. The van der Waals surface area contributed by atoms with Crippen LogP contribution in [0, 0.1) is 11.8 Å². The first kappa shape index (κ1) is 93.1. The van der Waals surface area contributed by atoms with Gasteiger partial charge in [-0.15, -0.1) is 0 Å². The van der Waals surface area contributed by atoms with Gasteiger partial charge in [-0.3, -0.25) is 37.3 Å². The molecule has 564 valence electrons. The molecule has 0 aliphatic carbocycles. The Hall–Kier alpha value is -1.94. The lowest BCUT2D eigenvalue weighted by molar-refractivity contribution is -0.161. The van der Waals surface area contributed by atoms with Gasteiger partial charge in [-0.25, -0.2) is 9.13 Å². The van der Waals surface area contributed by atoms with Gasteiger partial charge in [0.2, 0.25) is 0 Å². The van der Waals surface area contributed by atoms with E-state index < -0.39 is 97.5 Å². The Bertz CT molecular complexity index is 1840. The van der Waals surface area contributed by atoms with Crippen molar-refractivity contribution < 1.29 is 80.2 Å². The van der Waals surface area contributed by atoms with Crippen molar-refractivity contribution in [2.75, 3.05) is 39.6 Å². The first-order valence-corrected chi connectivity index (χ1v) is 42.5. The molecule has 0 rings (SSSR count). The molecule has 0 saturated heterocycles. The normalized spacial score (nSPS) is 14.3. The van der Waals surface area contributed by atoms with Gasteiger partial charge in [-0.1, -0.05) is 343 Å². The molecule has 0 heterocycles. The zero-order valence-electron chi connectivity index (χ0n) is 62.0. The Morgan fingerprint density at radius 2 is 0.537 bits per heavy atom. The number of carbonyl (C=O) groups excluding carboxylic acids is 4. The molecule has 17 nitrogen and oxygen atoms in total. The maximum atomic E-state index is 13.1. The SMILES string of the molecule is CCCCCCCCCCCCCCCCCCCCCCCC(=O)O[C@H](COC(=O)CCCCCCCCCCC(C)CC)COP(=O)(O)OC[C@@H](O)COP(=O)(O)OC[C@@H](COC(=O)CCCCCCCCCCCCC)OC(=O)CCCCCCCCCCC(C)C. The standard InChI is InChI=1S/C76H148O17P2/c1-7-10-12-14-16-18-20-21-22-23-24-25-26-27-28-29-31-33-42-48-54-60-75(80)92-71(65-87-74(79)59-53-47-41-37-35-39-45-51-57-69(6)9-3)66-90-94(82,83)88-62-70(77)63-89-95(84,85)91-67-72(93-76(81)61-55-49-43-36-34-38-44-50-56-68(4)5)64-86-73(78)58-52-46-40-32-30-19-17-15-13-11-8-2/h68-72,77H,7-67H2,1-6H3,(H,82,83)(H,84,85)/t69?,70-,71-,72-/m1/s1. The number of carbonyl (C=O) groups is 4. The van der Waals surface area contributed by atoms with E-state index in [-0.39, 0.29) is 25.7 Å². The molecule has 0 aromatic carbocycles. The van der Waals surface area contributed by atoms with Crippen LogP contribution in [0.15, 0.2) is 0 Å². The van der Waals surface area contributed by atoms with Gasteiger partial charge < -0.3 is 33.8 Å². The van der Waals surface area contributed by atoms with Gasteiger partial charge in [0.05, 0.1) is 26.4 Å². The number of ether oxygens (including phenoxy) is 4. The van der Waals surface area contributed by atoms with Gasteiger partial charge in [0.25, 0.3) is 0 Å². The summed E-state index contributed by atoms with van der Waals surface area (Å²) in [6.45, 7) is 9.55. The smallest absolute Gasteiger partial charge is 0.462 e. The van der Waals surface area contributed by atoms with E-state index >= 15 is 0 Å². The lowest BCUT2D eigenvalue weighted by atomic mass is 9.99. The van der Waals surface area contributed by atoms with E-state index in [1.54, 1.807) is 0 Å². The van der Waals surface area contributed by atoms with Crippen molar-refractivity contribution in [1.29, 1.82) is 0 Å². The number of phosphoric ester groups is 2. The number of phosphoric acid groups is 2. The molecule has 0 aliphatic heterocycles. The van der Waals surface area contributed by atoms with E-state index in [4.69, 9.17) is 37.0 Å². The van der Waals surface area contributed by atoms with Crippen molar-refractivity contribution in [2.45, 2.75) is 413 Å². The molecule has 0 radical (unpaired) electrons. The highest BCUT2D eigenvalue weighted by Gasteiger charge is 2.30. The van der Waals surface area contributed by atoms with Gasteiger partial charge in [-0.05, 0) is 37.5 Å². The molecule has 0 spiro atoms. The Morgan fingerprint density at radius 1 is 0.305 bits per heavy atom. The third-order valence-corrected chi connectivity index (χ3v) is 20.0. The highest BCUT2D eigenvalue weighted by atomic mass is 31.2. The second-order valence-corrected chi connectivity index (χ2v) is 31.0. The summed E-state index contributed by atoms with van der Waals surface area (Å²) in [5, 5.41) is 10.6. The van der Waals surface area contributed by atoms with Crippen LogP contribution in [0.3, 0.4) is 0 Å². The van der Waals surface area contributed by atoms with Gasteiger partial charge in [0, 0.05) is 25.7 Å². The number of hydrogen-bond acceptors (Lipinski definition) is 15. The van der Waals surface area contributed by atoms with Gasteiger partial charge in [-0.2, -0.15) is 0 Å². The summed E-state index contributed by atoms with van der Waals surface area (Å²) in [6.07, 6.45) is 55.6. The van der Waals surface area contributed by atoms with Crippen molar-refractivity contribution >= 4 is 39.5 Å². The molecule has 0 aromatic rings. The van der Waals surface area contributed by atoms with E-state index in [0.29, 0.717) is 25.7 Å². The third-order valence-electron chi connectivity index (χ3n) is 18.1. The van der Waals surface area contributed by atoms with Crippen LogP contribution < -0.4 is 0 Å². The number of aliphatic hydroxyl groups excluding tert-OH is 1. The van der Waals surface area contributed by atoms with Gasteiger partial charge in [0.15, 0.2) is 12.2 Å². The summed E-state index contributed by atoms with van der Waals surface area (Å²) >= 11 is 0. The fraction of sp³-hybridized carbons (Fsp3) is 0.947. The highest BCUT2D eigenvalue weighted by molar-refractivity contribution is 7.47. The second kappa shape index (κ2) is 67.9. The molecule has 0 aliphatic rings. The lowest BCUT2D eigenvalue weighted by Gasteiger charge is -2.21. The molecule has 0 saturated carbocycles. The molecule has 3 unspecified atom stereocenters. The molecule has 0 fully saturated rings. The van der Waals surface area contributed by atoms with Crippen molar-refractivity contribution in [3.8, 4) is 0 Å². The van der Waals surface area contributed by atoms with E-state index in [0.717, 1.165) is 102 Å². The maximum absolute atomic E-state index is 13.1. The molecule has 3 N–H and O–H groups in total. The summed E-state index contributed by atoms with van der Waals surface area (Å²) in [4.78, 5) is 72.8. The number of aliphatic hydroxyl groups is 1. The Kier molecular flexibility index (Phi) is 66.5. The quantitative estimate of drug-likeness (QED) is 0.0222.